The van der Waals surface area contributed by atoms with Crippen LogP contribution in [-0.2, 0) is 20.4 Å². The Hall–Kier alpha value is -2.84. The van der Waals surface area contributed by atoms with Crippen LogP contribution in [0.4, 0.5) is 5.82 Å². The van der Waals surface area contributed by atoms with E-state index in [-0.39, 0.29) is 0 Å². The number of nitrogens with one attached hydrogen (secondary N) is 1. The summed E-state index contributed by atoms with van der Waals surface area (Å²) < 4.78 is 33.2. The lowest BCUT2D eigenvalue weighted by atomic mass is 10.1. The second-order valence-corrected chi connectivity index (χ2v) is 8.61. The maximum absolute atomic E-state index is 11.0. The van der Waals surface area contributed by atoms with E-state index in [9.17, 15) is 14.8 Å². The monoisotopic (exact) mass is 497 g/mol. The number of nitrogens with zero attached hydrogens (tertiary/aromatic N) is 4. The molecule has 0 radical (unpaired) electrons. The molecule has 3 heterocycles. The van der Waals surface area contributed by atoms with Crippen molar-refractivity contribution in [3.63, 3.8) is 0 Å². The normalized spacial score (nSPS) is 22.8. The number of aromatic nitrogens is 4. The molecule has 4 rings (SSSR count). The molecule has 1 fully saturated rings. The highest BCUT2D eigenvalue weighted by atomic mass is 31.2. The summed E-state index contributed by atoms with van der Waals surface area (Å²) in [5.41, 5.74) is 1.44. The number of rotatable bonds is 9. The quantitative estimate of drug-likeness (QED) is 0.252. The fourth-order valence-electron chi connectivity index (χ4n) is 3.71. The molecule has 0 bridgehead atoms. The van der Waals surface area contributed by atoms with Crippen LogP contribution in [0, 0.1) is 0 Å². The second-order valence-electron chi connectivity index (χ2n) is 7.37. The van der Waals surface area contributed by atoms with Gasteiger partial charge in [-0.1, -0.05) is 6.07 Å². The average molecular weight is 497 g/mol. The zero-order valence-corrected chi connectivity index (χ0v) is 19.1. The first-order valence-electron chi connectivity index (χ1n) is 10.1. The molecule has 34 heavy (non-hydrogen) atoms. The van der Waals surface area contributed by atoms with Crippen molar-refractivity contribution in [1.29, 1.82) is 0 Å². The lowest BCUT2D eigenvalue weighted by molar-refractivity contribution is -0.0504. The van der Waals surface area contributed by atoms with E-state index in [1.807, 2.05) is 6.07 Å². The van der Waals surface area contributed by atoms with Gasteiger partial charge in [-0.25, -0.2) is 19.5 Å². The Kier molecular flexibility index (Phi) is 7.00. The summed E-state index contributed by atoms with van der Waals surface area (Å²) in [6.07, 6.45) is -2.52. The topological polar surface area (TPSA) is 191 Å². The van der Waals surface area contributed by atoms with Crippen molar-refractivity contribution in [1.82, 2.24) is 19.5 Å². The van der Waals surface area contributed by atoms with E-state index >= 15 is 0 Å². The Labute approximate surface area is 193 Å². The van der Waals surface area contributed by atoms with E-state index in [0.29, 0.717) is 35.0 Å². The molecule has 4 atom stereocenters. The van der Waals surface area contributed by atoms with Gasteiger partial charge in [-0.3, -0.25) is 9.09 Å². The lowest BCUT2D eigenvalue weighted by Crippen LogP contribution is -2.33. The Balaban J connectivity index is 1.57. The van der Waals surface area contributed by atoms with Crippen molar-refractivity contribution in [2.45, 2.75) is 31.1 Å². The molecule has 5 N–H and O–H groups in total. The molecule has 14 nitrogen and oxygen atoms in total. The number of phosphoric acid groups is 1. The van der Waals surface area contributed by atoms with Gasteiger partial charge in [-0.15, -0.1) is 0 Å². The number of hydrogen-bond donors (Lipinski definition) is 5. The van der Waals surface area contributed by atoms with Crippen LogP contribution >= 0.6 is 7.82 Å². The van der Waals surface area contributed by atoms with Gasteiger partial charge in [-0.05, 0) is 12.1 Å². The van der Waals surface area contributed by atoms with Gasteiger partial charge >= 0.3 is 7.82 Å². The first-order valence-corrected chi connectivity index (χ1v) is 11.6. The largest absolute Gasteiger partial charge is 0.496 e. The van der Waals surface area contributed by atoms with Crippen LogP contribution in [-0.4, -0.2) is 78.7 Å². The average Bonchev–Trinajstić information content (AvgIpc) is 3.37. The first kappa shape index (κ1) is 24.3. The van der Waals surface area contributed by atoms with Crippen molar-refractivity contribution < 1.29 is 43.3 Å². The molecule has 1 aliphatic rings. The van der Waals surface area contributed by atoms with Crippen molar-refractivity contribution in [2.75, 3.05) is 26.1 Å². The van der Waals surface area contributed by atoms with E-state index < -0.39 is 39.0 Å². The van der Waals surface area contributed by atoms with Crippen LogP contribution in [0.5, 0.6) is 11.5 Å². The maximum Gasteiger partial charge on any atom is 0.469 e. The Morgan fingerprint density at radius 3 is 2.47 bits per heavy atom. The summed E-state index contributed by atoms with van der Waals surface area (Å²) in [6.45, 7) is -0.316. The van der Waals surface area contributed by atoms with Crippen molar-refractivity contribution in [3.8, 4) is 11.5 Å². The van der Waals surface area contributed by atoms with Gasteiger partial charge in [0.15, 0.2) is 23.2 Å². The van der Waals surface area contributed by atoms with Gasteiger partial charge in [0.1, 0.15) is 36.1 Å². The summed E-state index contributed by atoms with van der Waals surface area (Å²) >= 11 is 0. The molecule has 3 aromatic rings. The number of ether oxygens (including phenoxy) is 3. The standard InChI is InChI=1S/C19H24N5O9P/c1-30-11-4-3-5-12(31-2)10(11)6-20-17-14-18(22-8-21-17)24(9-23-14)19-16(26)15(25)13(33-19)7-32-34(27,28)29/h3-5,8-9,13,15-16,19,25-26H,6-7H2,1-2H3,(H,20,21,22)(H2,27,28,29)/t13-,15-,16-,19-/m1/s1. The van der Waals surface area contributed by atoms with Crippen LogP contribution in [0.15, 0.2) is 30.9 Å². The molecular weight excluding hydrogens is 473 g/mol. The third kappa shape index (κ3) is 4.83. The zero-order valence-electron chi connectivity index (χ0n) is 18.2. The number of phosphoric ester groups is 1. The fraction of sp³-hybridized carbons (Fsp3) is 0.421. The maximum atomic E-state index is 11.0. The predicted molar refractivity (Wildman–Crippen MR) is 116 cm³/mol. The van der Waals surface area contributed by atoms with E-state index in [2.05, 4.69) is 24.8 Å². The van der Waals surface area contributed by atoms with E-state index in [0.717, 1.165) is 5.56 Å². The molecule has 1 aromatic carbocycles. The SMILES string of the molecule is COc1cccc(OC)c1CNc1ncnc2c1ncn2[C@@H]1O[C@H](COP(=O)(O)O)[C@@H](O)[C@H]1O. The van der Waals surface area contributed by atoms with Gasteiger partial charge in [0.2, 0.25) is 0 Å². The third-order valence-corrected chi connectivity index (χ3v) is 5.83. The Morgan fingerprint density at radius 1 is 1.12 bits per heavy atom. The molecule has 1 aliphatic heterocycles. The van der Waals surface area contributed by atoms with E-state index in [1.54, 1.807) is 26.4 Å². The molecule has 184 valence electrons. The minimum Gasteiger partial charge on any atom is -0.496 e. The highest BCUT2D eigenvalue weighted by Gasteiger charge is 2.45. The summed E-state index contributed by atoms with van der Waals surface area (Å²) in [5, 5.41) is 23.9. The number of aliphatic hydroxyl groups is 2. The highest BCUT2D eigenvalue weighted by Crippen LogP contribution is 2.39. The smallest absolute Gasteiger partial charge is 0.469 e. The molecule has 15 heteroatoms. The minimum atomic E-state index is -4.77. The molecule has 0 spiro atoms. The summed E-state index contributed by atoms with van der Waals surface area (Å²) in [7, 11) is -1.66. The summed E-state index contributed by atoms with van der Waals surface area (Å²) in [4.78, 5) is 30.5. The van der Waals surface area contributed by atoms with Gasteiger partial charge in [0, 0.05) is 6.54 Å². The van der Waals surface area contributed by atoms with Gasteiger partial charge < -0.3 is 39.5 Å². The zero-order chi connectivity index (χ0) is 24.5. The number of fused-ring (bicyclic) bond motifs is 1. The van der Waals surface area contributed by atoms with Crippen LogP contribution in [0.2, 0.25) is 0 Å². The number of imidazole rings is 1. The number of anilines is 1. The van der Waals surface area contributed by atoms with E-state index in [4.69, 9.17) is 24.0 Å². The molecule has 0 aliphatic carbocycles. The van der Waals surface area contributed by atoms with Crippen molar-refractivity contribution >= 4 is 24.8 Å². The molecule has 0 saturated carbocycles. The number of hydrogen-bond acceptors (Lipinski definition) is 11. The van der Waals surface area contributed by atoms with Crippen LogP contribution in [0.25, 0.3) is 11.2 Å². The van der Waals surface area contributed by atoms with Crippen molar-refractivity contribution in [3.05, 3.63) is 36.4 Å². The number of methoxy groups -OCH3 is 2. The third-order valence-electron chi connectivity index (χ3n) is 5.34. The molecule has 2 aromatic heterocycles. The summed E-state index contributed by atoms with van der Waals surface area (Å²) in [6, 6.07) is 5.42. The molecule has 1 saturated heterocycles. The van der Waals surface area contributed by atoms with Crippen molar-refractivity contribution in [2.24, 2.45) is 0 Å². The van der Waals surface area contributed by atoms with Crippen LogP contribution < -0.4 is 14.8 Å². The first-order chi connectivity index (χ1) is 16.2. The van der Waals surface area contributed by atoms with Crippen LogP contribution in [0.1, 0.15) is 11.8 Å². The minimum absolute atomic E-state index is 0.301. The van der Waals surface area contributed by atoms with E-state index in [1.165, 1.54) is 17.2 Å². The van der Waals surface area contributed by atoms with Gasteiger partial charge in [-0.2, -0.15) is 0 Å². The fourth-order valence-corrected chi connectivity index (χ4v) is 4.05. The Bertz CT molecular complexity index is 1180. The Morgan fingerprint density at radius 2 is 1.82 bits per heavy atom. The van der Waals surface area contributed by atoms with Gasteiger partial charge in [0.05, 0.1) is 32.7 Å². The number of aliphatic hydroxyl groups excluding tert-OH is 2. The highest BCUT2D eigenvalue weighted by molar-refractivity contribution is 7.46. The molecular formula is C19H24N5O9P. The molecule has 0 unspecified atom stereocenters. The molecule has 0 amide bonds. The number of benzene rings is 1. The summed E-state index contributed by atoms with van der Waals surface area (Å²) in [5.74, 6) is 1.65. The van der Waals surface area contributed by atoms with Crippen LogP contribution in [0.3, 0.4) is 0 Å². The second kappa shape index (κ2) is 9.80. The predicted octanol–water partition coefficient (Wildman–Crippen LogP) is 0.184. The lowest BCUT2D eigenvalue weighted by Gasteiger charge is -2.17. The van der Waals surface area contributed by atoms with Gasteiger partial charge in [0.25, 0.3) is 0 Å².